The Hall–Kier alpha value is -1.31. The van der Waals surface area contributed by atoms with E-state index in [1.54, 1.807) is 5.38 Å². The summed E-state index contributed by atoms with van der Waals surface area (Å²) in [4.78, 5) is 26.5. The number of aromatic nitrogens is 1. The average Bonchev–Trinajstić information content (AvgIpc) is 2.82. The van der Waals surface area contributed by atoms with Crippen LogP contribution in [0.2, 0.25) is 0 Å². The van der Waals surface area contributed by atoms with Gasteiger partial charge in [0.05, 0.1) is 0 Å². The second kappa shape index (κ2) is 7.10. The number of ether oxygens (including phenoxy) is 1. The molecule has 0 spiro atoms. The smallest absolute Gasteiger partial charge is 0.375 e. The Morgan fingerprint density at radius 2 is 2.24 bits per heavy atom. The second-order valence-corrected chi connectivity index (χ2v) is 4.33. The van der Waals surface area contributed by atoms with E-state index < -0.39 is 18.0 Å². The van der Waals surface area contributed by atoms with Crippen LogP contribution in [0.25, 0.3) is 0 Å². The van der Waals surface area contributed by atoms with Gasteiger partial charge in [0.1, 0.15) is 6.04 Å². The zero-order valence-corrected chi connectivity index (χ0v) is 10.1. The van der Waals surface area contributed by atoms with Crippen LogP contribution >= 0.6 is 11.3 Å². The highest BCUT2D eigenvalue weighted by Gasteiger charge is 2.20. The van der Waals surface area contributed by atoms with Crippen LogP contribution in [0.3, 0.4) is 0 Å². The molecule has 0 aromatic carbocycles. The van der Waals surface area contributed by atoms with Crippen LogP contribution in [-0.2, 0) is 9.53 Å². The number of carbonyl (C=O) groups excluding carboxylic acids is 2. The van der Waals surface area contributed by atoms with Gasteiger partial charge in [-0.25, -0.2) is 14.6 Å². The molecule has 7 heteroatoms. The number of rotatable bonds is 6. The molecule has 4 N–H and O–H groups in total. The molecule has 0 unspecified atom stereocenters. The fourth-order valence-electron chi connectivity index (χ4n) is 1.16. The van der Waals surface area contributed by atoms with Gasteiger partial charge in [-0.15, -0.1) is 11.3 Å². The van der Waals surface area contributed by atoms with Gasteiger partial charge in [0.15, 0.2) is 0 Å². The van der Waals surface area contributed by atoms with Crippen molar-refractivity contribution in [3.05, 3.63) is 16.6 Å². The summed E-state index contributed by atoms with van der Waals surface area (Å²) >= 11 is 1.11. The Morgan fingerprint density at radius 3 is 2.82 bits per heavy atom. The molecule has 0 saturated carbocycles. The van der Waals surface area contributed by atoms with Crippen LogP contribution < -0.4 is 11.5 Å². The second-order valence-electron chi connectivity index (χ2n) is 3.44. The van der Waals surface area contributed by atoms with Gasteiger partial charge in [0.25, 0.3) is 0 Å². The topological polar surface area (TPSA) is 108 Å². The number of unbranched alkanes of at least 4 members (excludes halogenated alkanes) is 1. The van der Waals surface area contributed by atoms with Crippen molar-refractivity contribution in [1.82, 2.24) is 4.98 Å². The van der Waals surface area contributed by atoms with Crippen molar-refractivity contribution < 1.29 is 14.3 Å². The standard InChI is InChI=1S/C10H15N3O3S/c11-4-2-1-3-7(12)9(14)16-10(15)8-13-5-6-17-8/h5-7H,1-4,11-12H2/t7-/m0/s1. The number of esters is 2. The zero-order valence-electron chi connectivity index (χ0n) is 9.30. The van der Waals surface area contributed by atoms with E-state index in [9.17, 15) is 9.59 Å². The first-order chi connectivity index (χ1) is 8.15. The summed E-state index contributed by atoms with van der Waals surface area (Å²) in [5, 5.41) is 1.77. The van der Waals surface area contributed by atoms with Gasteiger partial charge < -0.3 is 16.2 Å². The molecule has 0 amide bonds. The lowest BCUT2D eigenvalue weighted by Gasteiger charge is -2.08. The first kappa shape index (κ1) is 13.8. The Labute approximate surface area is 103 Å². The van der Waals surface area contributed by atoms with Crippen LogP contribution in [0.5, 0.6) is 0 Å². The van der Waals surface area contributed by atoms with E-state index in [1.165, 1.54) is 6.20 Å². The molecule has 0 bridgehead atoms. The van der Waals surface area contributed by atoms with Gasteiger partial charge in [-0.2, -0.15) is 0 Å². The molecule has 94 valence electrons. The average molecular weight is 257 g/mol. The third-order valence-electron chi connectivity index (χ3n) is 2.07. The number of carbonyl (C=O) groups is 2. The van der Waals surface area contributed by atoms with Gasteiger partial charge in [-0.1, -0.05) is 6.42 Å². The largest absolute Gasteiger partial charge is 0.386 e. The molecule has 0 saturated heterocycles. The minimum Gasteiger partial charge on any atom is -0.386 e. The van der Waals surface area contributed by atoms with Crippen LogP contribution in [0.15, 0.2) is 11.6 Å². The van der Waals surface area contributed by atoms with Gasteiger partial charge in [0, 0.05) is 11.6 Å². The van der Waals surface area contributed by atoms with Crippen LogP contribution in [0, 0.1) is 0 Å². The van der Waals surface area contributed by atoms with Crippen molar-refractivity contribution in [1.29, 1.82) is 0 Å². The van der Waals surface area contributed by atoms with Crippen LogP contribution in [0.1, 0.15) is 29.1 Å². The Balaban J connectivity index is 2.35. The molecule has 0 aliphatic rings. The molecule has 17 heavy (non-hydrogen) atoms. The summed E-state index contributed by atoms with van der Waals surface area (Å²) in [6, 6.07) is -0.787. The van der Waals surface area contributed by atoms with Crippen molar-refractivity contribution in [2.45, 2.75) is 25.3 Å². The maximum Gasteiger partial charge on any atom is 0.375 e. The monoisotopic (exact) mass is 257 g/mol. The van der Waals surface area contributed by atoms with Crippen LogP contribution in [0.4, 0.5) is 0 Å². The molecule has 0 aliphatic carbocycles. The van der Waals surface area contributed by atoms with Crippen molar-refractivity contribution in [2.75, 3.05) is 6.54 Å². The summed E-state index contributed by atoms with van der Waals surface area (Å²) in [7, 11) is 0. The molecule has 1 aromatic heterocycles. The molecule has 1 heterocycles. The molecule has 0 fully saturated rings. The molecule has 1 rings (SSSR count). The Kier molecular flexibility index (Phi) is 5.75. The lowest BCUT2D eigenvalue weighted by Crippen LogP contribution is -2.33. The highest BCUT2D eigenvalue weighted by Crippen LogP contribution is 2.07. The quantitative estimate of drug-likeness (QED) is 0.430. The van der Waals surface area contributed by atoms with Crippen molar-refractivity contribution in [2.24, 2.45) is 11.5 Å². The summed E-state index contributed by atoms with van der Waals surface area (Å²) in [5.74, 6) is -1.47. The number of nitrogens with two attached hydrogens (primary N) is 2. The van der Waals surface area contributed by atoms with E-state index in [0.717, 1.165) is 24.2 Å². The third-order valence-corrected chi connectivity index (χ3v) is 2.83. The molecule has 6 nitrogen and oxygen atoms in total. The lowest BCUT2D eigenvalue weighted by molar-refractivity contribution is -0.139. The normalized spacial score (nSPS) is 12.1. The molecule has 1 atom stereocenters. The molecule has 0 aliphatic heterocycles. The molecule has 0 radical (unpaired) electrons. The number of thiazole rings is 1. The van der Waals surface area contributed by atoms with Gasteiger partial charge in [0.2, 0.25) is 5.01 Å². The third kappa shape index (κ3) is 4.59. The summed E-state index contributed by atoms with van der Waals surface area (Å²) < 4.78 is 4.60. The van der Waals surface area contributed by atoms with E-state index in [-0.39, 0.29) is 5.01 Å². The van der Waals surface area contributed by atoms with Crippen LogP contribution in [-0.4, -0.2) is 29.5 Å². The van der Waals surface area contributed by atoms with E-state index in [1.807, 2.05) is 0 Å². The first-order valence-electron chi connectivity index (χ1n) is 5.26. The zero-order chi connectivity index (χ0) is 12.7. The molecule has 1 aromatic rings. The fraction of sp³-hybridized carbons (Fsp3) is 0.500. The number of nitrogens with zero attached hydrogens (tertiary/aromatic N) is 1. The highest BCUT2D eigenvalue weighted by molar-refractivity contribution is 7.11. The van der Waals surface area contributed by atoms with Crippen molar-refractivity contribution in [3.63, 3.8) is 0 Å². The SMILES string of the molecule is NCCCC[C@H](N)C(=O)OC(=O)c1nccs1. The van der Waals surface area contributed by atoms with Gasteiger partial charge >= 0.3 is 11.9 Å². The van der Waals surface area contributed by atoms with E-state index in [2.05, 4.69) is 9.72 Å². The molecular weight excluding hydrogens is 242 g/mol. The van der Waals surface area contributed by atoms with E-state index in [4.69, 9.17) is 11.5 Å². The summed E-state index contributed by atoms with van der Waals surface area (Å²) in [6.45, 7) is 0.555. The maximum atomic E-state index is 11.4. The predicted octanol–water partition coefficient (Wildman–Crippen LogP) is 0.283. The Morgan fingerprint density at radius 1 is 1.47 bits per heavy atom. The minimum atomic E-state index is -0.787. The summed E-state index contributed by atoms with van der Waals surface area (Å²) in [6.07, 6.45) is 3.45. The number of hydrogen-bond donors (Lipinski definition) is 2. The fourth-order valence-corrected chi connectivity index (χ4v) is 1.67. The predicted molar refractivity (Wildman–Crippen MR) is 63.4 cm³/mol. The van der Waals surface area contributed by atoms with E-state index in [0.29, 0.717) is 13.0 Å². The van der Waals surface area contributed by atoms with E-state index >= 15 is 0 Å². The highest BCUT2D eigenvalue weighted by atomic mass is 32.1. The van der Waals surface area contributed by atoms with Gasteiger partial charge in [-0.05, 0) is 19.4 Å². The minimum absolute atomic E-state index is 0.146. The van der Waals surface area contributed by atoms with Gasteiger partial charge in [-0.3, -0.25) is 0 Å². The lowest BCUT2D eigenvalue weighted by atomic mass is 10.1. The summed E-state index contributed by atoms with van der Waals surface area (Å²) in [5.41, 5.74) is 10.9. The van der Waals surface area contributed by atoms with Crippen molar-refractivity contribution in [3.8, 4) is 0 Å². The first-order valence-corrected chi connectivity index (χ1v) is 6.14. The maximum absolute atomic E-state index is 11.4. The number of hydrogen-bond acceptors (Lipinski definition) is 7. The Bertz CT molecular complexity index is 367. The molecular formula is C10H15N3O3S. The van der Waals surface area contributed by atoms with Crippen molar-refractivity contribution >= 4 is 23.3 Å².